The fourth-order valence-corrected chi connectivity index (χ4v) is 11.5. The normalized spacial score (nSPS) is 12.3. The molecule has 0 spiro atoms. The molecule has 0 saturated carbocycles. The van der Waals surface area contributed by atoms with E-state index in [1.165, 1.54) is 0 Å². The molecule has 0 saturated heterocycles. The van der Waals surface area contributed by atoms with Crippen LogP contribution in [0.5, 0.6) is 0 Å². The predicted octanol–water partition coefficient (Wildman–Crippen LogP) is 18.8. The van der Waals surface area contributed by atoms with E-state index in [0.29, 0.717) is 97.6 Å². The Morgan fingerprint density at radius 3 is 0.385 bits per heavy atom. The molecule has 12 aromatic rings. The number of benzene rings is 12. The zero-order valence-electron chi connectivity index (χ0n) is 75.6. The van der Waals surface area contributed by atoms with Gasteiger partial charge in [-0.25, -0.2) is 59.9 Å². The van der Waals surface area contributed by atoms with Crippen LogP contribution in [-0.4, -0.2) is 107 Å². The van der Waals surface area contributed by atoms with E-state index < -0.39 is 0 Å². The van der Waals surface area contributed by atoms with Gasteiger partial charge >= 0.3 is 51.2 Å². The van der Waals surface area contributed by atoms with E-state index in [4.69, 9.17) is 69.6 Å². The first-order chi connectivity index (χ1) is 63.4. The number of guanidine groups is 6. The van der Waals surface area contributed by atoms with Gasteiger partial charge in [-0.2, -0.15) is 0 Å². The van der Waals surface area contributed by atoms with Crippen molar-refractivity contribution in [3.63, 3.8) is 0 Å². The Kier molecular flexibility index (Phi) is 53.6. The molecule has 3 radical (unpaired) electrons. The monoisotopic (exact) mass is 2070 g/mol. The molecule has 0 fully saturated rings. The standard InChI is InChI=1S/6C17H18ClN3O.3Cu/c6*1-12(2)19-17(20-15-11-7-6-10-14(15)18)21-16(22)13-8-4-3-5-9-13;;;/h6*3-12H,1-2H3,(H2,19,20,21,22);;;/q;;;;;;3*+2/p-6. The van der Waals surface area contributed by atoms with E-state index in [1.54, 1.807) is 218 Å². The molecule has 0 atom stereocenters. The second-order valence-electron chi connectivity index (χ2n) is 29.8. The number of aliphatic imine (C=N–C) groups is 12. The second-order valence-corrected chi connectivity index (χ2v) is 32.3. The molecule has 12 aromatic carbocycles. The molecule has 0 aliphatic carbocycles. The van der Waals surface area contributed by atoms with Crippen LogP contribution in [0, 0.1) is 0 Å². The van der Waals surface area contributed by atoms with Crippen molar-refractivity contribution < 1.29 is 81.8 Å². The molecule has 12 rings (SSSR count). The summed E-state index contributed by atoms with van der Waals surface area (Å²) in [5, 5.41) is 94.6. The number of hydrogen-bond donors (Lipinski definition) is 6. The zero-order chi connectivity index (χ0) is 95.7. The van der Waals surface area contributed by atoms with Crippen LogP contribution in [0.4, 0.5) is 34.1 Å². The first-order valence-corrected chi connectivity index (χ1v) is 44.1. The molecule has 6 N–H and O–H groups in total. The third-order valence-electron chi connectivity index (χ3n) is 16.3. The van der Waals surface area contributed by atoms with Gasteiger partial charge in [0, 0.05) is 36.3 Å². The second kappa shape index (κ2) is 62.9. The van der Waals surface area contributed by atoms with E-state index in [2.05, 4.69) is 91.8 Å². The Hall–Kier alpha value is -12.4. The topological polar surface area (TPSA) is 359 Å². The van der Waals surface area contributed by atoms with E-state index in [9.17, 15) is 30.6 Å². The van der Waals surface area contributed by atoms with Gasteiger partial charge in [-0.3, -0.25) is 0 Å². The van der Waals surface area contributed by atoms with Gasteiger partial charge in [-0.15, -0.1) is 0 Å². The Labute approximate surface area is 851 Å². The van der Waals surface area contributed by atoms with Crippen LogP contribution in [-0.2, 0) is 51.2 Å². The first kappa shape index (κ1) is 115. The molecule has 24 nitrogen and oxygen atoms in total. The molecule has 0 unspecified atom stereocenters. The maximum atomic E-state index is 12.2. The first-order valence-electron chi connectivity index (χ1n) is 41.8. The maximum Gasteiger partial charge on any atom is 2.00 e. The smallest absolute Gasteiger partial charge is 0.858 e. The Morgan fingerprint density at radius 1 is 0.178 bits per heavy atom. The molecule has 0 aromatic heterocycles. The van der Waals surface area contributed by atoms with Crippen LogP contribution in [0.15, 0.2) is 387 Å². The molecule has 0 bridgehead atoms. The predicted molar refractivity (Wildman–Crippen MR) is 539 cm³/mol. The van der Waals surface area contributed by atoms with E-state index in [-0.39, 0.29) is 159 Å². The fraction of sp³-hybridized carbons (Fsp3) is 0.176. The minimum atomic E-state index is -0.348. The summed E-state index contributed by atoms with van der Waals surface area (Å²) in [6.07, 6.45) is 0. The van der Waals surface area contributed by atoms with Crippen LogP contribution < -0.4 is 62.5 Å². The molecule has 33 heteroatoms. The number of rotatable bonds is 18. The summed E-state index contributed by atoms with van der Waals surface area (Å²) in [5.41, 5.74) is 6.48. The minimum Gasteiger partial charge on any atom is -0.858 e. The number of nitrogens with zero attached hydrogens (tertiary/aromatic N) is 12. The van der Waals surface area contributed by atoms with Gasteiger partial charge in [-0.1, -0.05) is 324 Å². The Morgan fingerprint density at radius 2 is 0.281 bits per heavy atom. The fourth-order valence-electron chi connectivity index (χ4n) is 10.5. The Bertz CT molecular complexity index is 5050. The van der Waals surface area contributed by atoms with Crippen LogP contribution >= 0.6 is 69.6 Å². The number of halogens is 6. The van der Waals surface area contributed by atoms with Crippen molar-refractivity contribution >= 4 is 175 Å². The van der Waals surface area contributed by atoms with Gasteiger partial charge in [0.2, 0.25) is 35.8 Å². The largest absolute Gasteiger partial charge is 2.00 e. The van der Waals surface area contributed by atoms with Gasteiger partial charge in [0.15, 0.2) is 0 Å². The van der Waals surface area contributed by atoms with Crippen LogP contribution in [0.2, 0.25) is 30.1 Å². The summed E-state index contributed by atoms with van der Waals surface area (Å²) in [6, 6.07) is 96.8. The van der Waals surface area contributed by atoms with Gasteiger partial charge in [0.1, 0.15) is 0 Å². The SMILES string of the molecule is CC(C)NC(=Nc1ccccc1Cl)/N=C(\[O-])c1ccccc1.CC(C)NC(=Nc1ccccc1Cl)/N=C(\[O-])c1ccccc1.CC(C)NC(=Nc1ccccc1Cl)/N=C(\[O-])c1ccccc1.CC(C)NC(=Nc1ccccc1Cl)/N=C(\[O-])c1ccccc1.CC(C)NC(=Nc1ccccc1Cl)/N=C(\[O-])c1ccccc1.CC(C)NC(=Nc1ccccc1Cl)/N=C(\[O-])c1ccccc1.[Cu+2].[Cu+2].[Cu+2]. The van der Waals surface area contributed by atoms with E-state index in [1.807, 2.05) is 192 Å². The number of para-hydroxylation sites is 6. The van der Waals surface area contributed by atoms with Gasteiger partial charge in [0.05, 0.1) is 64.3 Å². The molecule has 711 valence electrons. The van der Waals surface area contributed by atoms with Crippen molar-refractivity contribution in [2.45, 2.75) is 119 Å². The van der Waals surface area contributed by atoms with Crippen LogP contribution in [0.3, 0.4) is 0 Å². The van der Waals surface area contributed by atoms with Crippen molar-refractivity contribution in [1.29, 1.82) is 0 Å². The summed E-state index contributed by atoms with van der Waals surface area (Å²) < 4.78 is 0. The summed E-state index contributed by atoms with van der Waals surface area (Å²) in [6.45, 7) is 23.4. The number of nitrogens with one attached hydrogen (secondary N) is 6. The molecule has 0 aliphatic heterocycles. The van der Waals surface area contributed by atoms with E-state index >= 15 is 0 Å². The van der Waals surface area contributed by atoms with Gasteiger partial charge in [0.25, 0.3) is 0 Å². The van der Waals surface area contributed by atoms with E-state index in [0.717, 1.165) is 0 Å². The Balaban J connectivity index is 0.000000337. The third kappa shape index (κ3) is 44.5. The summed E-state index contributed by atoms with van der Waals surface area (Å²) in [7, 11) is 0. The summed E-state index contributed by atoms with van der Waals surface area (Å²) in [4.78, 5) is 50.5. The molecule has 135 heavy (non-hydrogen) atoms. The van der Waals surface area contributed by atoms with Crippen molar-refractivity contribution in [2.24, 2.45) is 59.9 Å². The molecule has 0 aliphatic rings. The van der Waals surface area contributed by atoms with Gasteiger partial charge < -0.3 is 62.5 Å². The summed E-state index contributed by atoms with van der Waals surface area (Å²) in [5.74, 6) is -0.603. The molecule has 0 heterocycles. The van der Waals surface area contributed by atoms with Crippen molar-refractivity contribution in [3.05, 3.63) is 391 Å². The van der Waals surface area contributed by atoms with Crippen LogP contribution in [0.1, 0.15) is 116 Å². The van der Waals surface area contributed by atoms with Crippen LogP contribution in [0.25, 0.3) is 0 Å². The average molecular weight is 2080 g/mol. The average Bonchev–Trinajstić information content (AvgIpc) is 0.883. The van der Waals surface area contributed by atoms with Crippen molar-refractivity contribution in [1.82, 2.24) is 31.9 Å². The molecular formula is C102H102Cl6Cu3N18O6. The molecule has 0 amide bonds. The number of hydrogen-bond acceptors (Lipinski definition) is 12. The quantitative estimate of drug-likeness (QED) is 0.0265. The summed E-state index contributed by atoms with van der Waals surface area (Å²) >= 11 is 36.6. The van der Waals surface area contributed by atoms with Crippen molar-refractivity contribution in [2.75, 3.05) is 0 Å². The maximum absolute atomic E-state index is 12.2. The molecular weight excluding hydrogens is 1980 g/mol. The minimum absolute atomic E-state index is 0. The third-order valence-corrected chi connectivity index (χ3v) is 18.3. The van der Waals surface area contributed by atoms with Crippen molar-refractivity contribution in [3.8, 4) is 0 Å². The van der Waals surface area contributed by atoms with Gasteiger partial charge in [-0.05, 0) is 225 Å². The zero-order valence-corrected chi connectivity index (χ0v) is 83.0.